The van der Waals surface area contributed by atoms with Crippen LogP contribution in [0, 0.1) is 11.8 Å². The van der Waals surface area contributed by atoms with E-state index in [0.29, 0.717) is 25.0 Å². The number of rotatable bonds is 14. The van der Waals surface area contributed by atoms with Crippen LogP contribution in [-0.4, -0.2) is 43.9 Å². The molecule has 0 heterocycles. The molecule has 5 nitrogen and oxygen atoms in total. The van der Waals surface area contributed by atoms with Gasteiger partial charge < -0.3 is 20.4 Å². The Hall–Kier alpha value is -0.590. The van der Waals surface area contributed by atoms with Crippen molar-refractivity contribution in [3.63, 3.8) is 0 Å². The van der Waals surface area contributed by atoms with Gasteiger partial charge in [0, 0.05) is 30.5 Å². The number of carboxylic acid groups (broad SMARTS) is 1. The topological polar surface area (TPSA) is 98.0 Å². The van der Waals surface area contributed by atoms with Crippen molar-refractivity contribution in [2.75, 3.05) is 5.33 Å². The number of carbonyl (C=O) groups is 1. The molecular weight excluding hydrogens is 412 g/mol. The number of hydrogen-bond donors (Lipinski definition) is 4. The summed E-state index contributed by atoms with van der Waals surface area (Å²) in [7, 11) is 0. The number of aliphatic carboxylic acids is 1. The number of aliphatic hydroxyl groups excluding tert-OH is 3. The number of allylic oxidation sites excluding steroid dienone is 1. The zero-order chi connectivity index (χ0) is 20.2. The Kier molecular flexibility index (Phi) is 12.3. The molecule has 0 aromatic heterocycles. The van der Waals surface area contributed by atoms with Crippen LogP contribution < -0.4 is 0 Å². The summed E-state index contributed by atoms with van der Waals surface area (Å²) in [4.78, 5) is 10.5. The highest BCUT2D eigenvalue weighted by molar-refractivity contribution is 9.09. The summed E-state index contributed by atoms with van der Waals surface area (Å²) in [5, 5.41) is 40.9. The van der Waals surface area contributed by atoms with E-state index in [1.807, 2.05) is 6.92 Å². The molecule has 0 aromatic carbocycles. The van der Waals surface area contributed by atoms with Crippen LogP contribution in [0.2, 0.25) is 0 Å². The van der Waals surface area contributed by atoms with Crippen LogP contribution in [0.25, 0.3) is 0 Å². The van der Waals surface area contributed by atoms with Gasteiger partial charge in [-0.05, 0) is 44.1 Å². The molecule has 0 spiro atoms. The van der Waals surface area contributed by atoms with E-state index >= 15 is 0 Å². The Labute approximate surface area is 172 Å². The SMILES string of the molecule is CC(=C(O)CCCCCCBr)[C@H]1[C@H](CCCCCCC(=O)O)[C@H](O)C[C@H]1O. The van der Waals surface area contributed by atoms with Crippen molar-refractivity contribution in [1.29, 1.82) is 0 Å². The lowest BCUT2D eigenvalue weighted by molar-refractivity contribution is -0.137. The first-order chi connectivity index (χ1) is 12.9. The fraction of sp³-hybridized carbons (Fsp3) is 0.857. The quantitative estimate of drug-likeness (QED) is 0.171. The zero-order valence-electron chi connectivity index (χ0n) is 16.6. The predicted octanol–water partition coefficient (Wildman–Crippen LogP) is 4.95. The van der Waals surface area contributed by atoms with Crippen LogP contribution in [0.5, 0.6) is 0 Å². The minimum atomic E-state index is -0.757. The highest BCUT2D eigenvalue weighted by atomic mass is 79.9. The molecule has 0 aromatic rings. The maximum atomic E-state index is 10.5. The summed E-state index contributed by atoms with van der Waals surface area (Å²) in [5.41, 5.74) is 0.829. The van der Waals surface area contributed by atoms with Crippen molar-refractivity contribution < 1.29 is 25.2 Å². The second-order valence-corrected chi connectivity index (χ2v) is 8.68. The van der Waals surface area contributed by atoms with E-state index < -0.39 is 18.2 Å². The van der Waals surface area contributed by atoms with Gasteiger partial charge in [-0.3, -0.25) is 4.79 Å². The fourth-order valence-corrected chi connectivity index (χ4v) is 4.61. The monoisotopic (exact) mass is 448 g/mol. The van der Waals surface area contributed by atoms with Gasteiger partial charge in [0.2, 0.25) is 0 Å². The van der Waals surface area contributed by atoms with Gasteiger partial charge in [-0.25, -0.2) is 0 Å². The molecule has 0 bridgehead atoms. The van der Waals surface area contributed by atoms with Crippen molar-refractivity contribution in [2.45, 2.75) is 96.2 Å². The van der Waals surface area contributed by atoms with Crippen LogP contribution in [-0.2, 0) is 4.79 Å². The van der Waals surface area contributed by atoms with Gasteiger partial charge in [0.25, 0.3) is 0 Å². The Balaban J connectivity index is 2.50. The first-order valence-corrected chi connectivity index (χ1v) is 11.5. The molecule has 1 saturated carbocycles. The molecule has 0 aliphatic heterocycles. The smallest absolute Gasteiger partial charge is 0.303 e. The van der Waals surface area contributed by atoms with Gasteiger partial charge in [0.1, 0.15) is 0 Å². The van der Waals surface area contributed by atoms with E-state index in [-0.39, 0.29) is 18.3 Å². The largest absolute Gasteiger partial charge is 0.512 e. The standard InChI is InChI=1S/C21H37BrO5/c1-15(17(23)11-7-4-5-9-13-22)21-16(18(24)14-19(21)25)10-6-2-3-8-12-20(26)27/h16,18-19,21,23-25H,2-14H2,1H3,(H,26,27)/t16-,18-,19-,21+/m1/s1. The molecular formula is C21H37BrO5. The van der Waals surface area contributed by atoms with Crippen molar-refractivity contribution in [2.24, 2.45) is 11.8 Å². The molecule has 1 aliphatic carbocycles. The lowest BCUT2D eigenvalue weighted by atomic mass is 9.83. The Morgan fingerprint density at radius 2 is 1.48 bits per heavy atom. The second kappa shape index (κ2) is 13.6. The number of aliphatic hydroxyl groups is 3. The molecule has 4 N–H and O–H groups in total. The van der Waals surface area contributed by atoms with Gasteiger partial charge >= 0.3 is 5.97 Å². The molecule has 27 heavy (non-hydrogen) atoms. The van der Waals surface area contributed by atoms with Crippen LogP contribution in [0.15, 0.2) is 11.3 Å². The van der Waals surface area contributed by atoms with Crippen LogP contribution in [0.1, 0.15) is 84.0 Å². The van der Waals surface area contributed by atoms with Gasteiger partial charge in [-0.2, -0.15) is 0 Å². The summed E-state index contributed by atoms with van der Waals surface area (Å²) in [5.74, 6) is -0.595. The molecule has 0 unspecified atom stereocenters. The molecule has 6 heteroatoms. The first kappa shape index (κ1) is 24.4. The number of unbranched alkanes of at least 4 members (excludes halogenated alkanes) is 6. The Bertz CT molecular complexity index is 465. The van der Waals surface area contributed by atoms with Crippen LogP contribution >= 0.6 is 15.9 Å². The minimum absolute atomic E-state index is 0.0324. The number of hydrogen-bond acceptors (Lipinski definition) is 4. The average Bonchev–Trinajstić information content (AvgIpc) is 2.90. The lowest BCUT2D eigenvalue weighted by Gasteiger charge is -2.25. The Morgan fingerprint density at radius 3 is 2.11 bits per heavy atom. The molecule has 158 valence electrons. The van der Waals surface area contributed by atoms with Crippen molar-refractivity contribution in [3.8, 4) is 0 Å². The predicted molar refractivity (Wildman–Crippen MR) is 111 cm³/mol. The normalized spacial score (nSPS) is 26.2. The van der Waals surface area contributed by atoms with E-state index in [9.17, 15) is 20.1 Å². The van der Waals surface area contributed by atoms with E-state index in [4.69, 9.17) is 5.11 Å². The number of carboxylic acids is 1. The van der Waals surface area contributed by atoms with Gasteiger partial charge in [0.05, 0.1) is 18.0 Å². The maximum absolute atomic E-state index is 10.5. The third-order valence-electron chi connectivity index (χ3n) is 5.78. The zero-order valence-corrected chi connectivity index (χ0v) is 18.2. The molecule has 0 saturated heterocycles. The highest BCUT2D eigenvalue weighted by Gasteiger charge is 2.42. The minimum Gasteiger partial charge on any atom is -0.512 e. The molecule has 0 radical (unpaired) electrons. The average molecular weight is 449 g/mol. The highest BCUT2D eigenvalue weighted by Crippen LogP contribution is 2.41. The summed E-state index contributed by atoms with van der Waals surface area (Å²) in [6.07, 6.45) is 8.57. The maximum Gasteiger partial charge on any atom is 0.303 e. The molecule has 0 amide bonds. The van der Waals surface area contributed by atoms with E-state index in [0.717, 1.165) is 62.3 Å². The molecule has 1 rings (SSSR count). The van der Waals surface area contributed by atoms with Crippen molar-refractivity contribution in [1.82, 2.24) is 0 Å². The second-order valence-electron chi connectivity index (χ2n) is 7.89. The third-order valence-corrected chi connectivity index (χ3v) is 6.34. The van der Waals surface area contributed by atoms with Crippen LogP contribution in [0.4, 0.5) is 0 Å². The molecule has 4 atom stereocenters. The fourth-order valence-electron chi connectivity index (χ4n) is 4.22. The molecule has 1 aliphatic rings. The summed E-state index contributed by atoms with van der Waals surface area (Å²) in [6, 6.07) is 0. The van der Waals surface area contributed by atoms with E-state index in [2.05, 4.69) is 15.9 Å². The number of alkyl halides is 1. The van der Waals surface area contributed by atoms with Crippen molar-refractivity contribution in [3.05, 3.63) is 11.3 Å². The van der Waals surface area contributed by atoms with Gasteiger partial charge in [-0.1, -0.05) is 48.0 Å². The lowest BCUT2D eigenvalue weighted by Crippen LogP contribution is -2.24. The number of halogens is 1. The van der Waals surface area contributed by atoms with Crippen LogP contribution in [0.3, 0.4) is 0 Å². The van der Waals surface area contributed by atoms with Crippen molar-refractivity contribution >= 4 is 21.9 Å². The Morgan fingerprint density at radius 1 is 0.889 bits per heavy atom. The van der Waals surface area contributed by atoms with Gasteiger partial charge in [0.15, 0.2) is 0 Å². The first-order valence-electron chi connectivity index (χ1n) is 10.4. The summed E-state index contributed by atoms with van der Waals surface area (Å²) < 4.78 is 0. The summed E-state index contributed by atoms with van der Waals surface area (Å²) in [6.45, 7) is 1.89. The summed E-state index contributed by atoms with van der Waals surface area (Å²) >= 11 is 3.42. The third kappa shape index (κ3) is 8.97. The van der Waals surface area contributed by atoms with E-state index in [1.54, 1.807) is 0 Å². The van der Waals surface area contributed by atoms with Gasteiger partial charge in [-0.15, -0.1) is 0 Å². The van der Waals surface area contributed by atoms with E-state index in [1.165, 1.54) is 0 Å². The molecule has 1 fully saturated rings.